The van der Waals surface area contributed by atoms with Crippen LogP contribution >= 0.6 is 23.4 Å². The lowest BCUT2D eigenvalue weighted by atomic mass is 10.2. The highest BCUT2D eigenvalue weighted by molar-refractivity contribution is 7.99. The zero-order valence-corrected chi connectivity index (χ0v) is 11.3. The van der Waals surface area contributed by atoms with Crippen molar-refractivity contribution in [2.75, 3.05) is 30.0 Å². The molecule has 0 heterocycles. The lowest BCUT2D eigenvalue weighted by molar-refractivity contribution is -0.383. The summed E-state index contributed by atoms with van der Waals surface area (Å²) in [6.45, 7) is 0.817. The van der Waals surface area contributed by atoms with Crippen LogP contribution in [-0.2, 0) is 0 Å². The van der Waals surface area contributed by atoms with Crippen LogP contribution in [0, 0.1) is 10.1 Å². The van der Waals surface area contributed by atoms with Crippen LogP contribution in [0.15, 0.2) is 18.2 Å². The Morgan fingerprint density at radius 3 is 2.89 bits per heavy atom. The maximum absolute atomic E-state index is 10.9. The van der Waals surface area contributed by atoms with Crippen LogP contribution in [0.3, 0.4) is 0 Å². The van der Waals surface area contributed by atoms with Gasteiger partial charge in [0.15, 0.2) is 0 Å². The Bertz CT molecular complexity index is 404. The highest BCUT2D eigenvalue weighted by Crippen LogP contribution is 2.32. The van der Waals surface area contributed by atoms with Gasteiger partial charge in [-0.15, -0.1) is 0 Å². The Morgan fingerprint density at radius 1 is 1.44 bits per heavy atom. The fourth-order valence-electron chi connectivity index (χ4n) is 1.37. The molecule has 0 aromatic heterocycles. The Kier molecular flexibility index (Phi) is 6.85. The minimum Gasteiger partial charge on any atom is -0.396 e. The quantitative estimate of drug-likeness (QED) is 0.437. The zero-order valence-electron chi connectivity index (χ0n) is 9.76. The molecule has 0 amide bonds. The second kappa shape index (κ2) is 8.18. The summed E-state index contributed by atoms with van der Waals surface area (Å²) in [4.78, 5) is 10.4. The Labute approximate surface area is 115 Å². The van der Waals surface area contributed by atoms with Crippen molar-refractivity contribution in [1.29, 1.82) is 0 Å². The van der Waals surface area contributed by atoms with Gasteiger partial charge in [0.2, 0.25) is 0 Å². The van der Waals surface area contributed by atoms with E-state index in [4.69, 9.17) is 16.7 Å². The van der Waals surface area contributed by atoms with Crippen molar-refractivity contribution < 1.29 is 10.0 Å². The van der Waals surface area contributed by atoms with E-state index >= 15 is 0 Å². The van der Waals surface area contributed by atoms with Crippen molar-refractivity contribution in [2.24, 2.45) is 0 Å². The van der Waals surface area contributed by atoms with Gasteiger partial charge < -0.3 is 10.4 Å². The summed E-state index contributed by atoms with van der Waals surface area (Å²) in [6.07, 6.45) is 0.766. The Morgan fingerprint density at radius 2 is 2.22 bits per heavy atom. The second-order valence-corrected chi connectivity index (χ2v) is 5.14. The van der Waals surface area contributed by atoms with Crippen LogP contribution in [0.2, 0.25) is 5.02 Å². The smallest absolute Gasteiger partial charge is 0.310 e. The van der Waals surface area contributed by atoms with Gasteiger partial charge >= 0.3 is 5.69 Å². The van der Waals surface area contributed by atoms with E-state index in [1.165, 1.54) is 6.07 Å². The van der Waals surface area contributed by atoms with E-state index in [1.54, 1.807) is 23.9 Å². The van der Waals surface area contributed by atoms with Crippen molar-refractivity contribution in [3.8, 4) is 0 Å². The predicted octanol–water partition coefficient (Wildman–Crippen LogP) is 2.78. The molecule has 7 heteroatoms. The first-order valence-corrected chi connectivity index (χ1v) is 7.05. The van der Waals surface area contributed by atoms with Crippen LogP contribution in [0.5, 0.6) is 0 Å². The van der Waals surface area contributed by atoms with Crippen LogP contribution in [-0.4, -0.2) is 34.7 Å². The highest BCUT2D eigenvalue weighted by Gasteiger charge is 2.17. The lowest BCUT2D eigenvalue weighted by Crippen LogP contribution is -2.07. The molecule has 0 aliphatic heterocycles. The first-order chi connectivity index (χ1) is 8.66. The minimum atomic E-state index is -0.483. The summed E-state index contributed by atoms with van der Waals surface area (Å²) in [7, 11) is 0. The van der Waals surface area contributed by atoms with E-state index < -0.39 is 4.92 Å². The van der Waals surface area contributed by atoms with Gasteiger partial charge in [-0.3, -0.25) is 10.1 Å². The maximum Gasteiger partial charge on any atom is 0.310 e. The van der Waals surface area contributed by atoms with Crippen molar-refractivity contribution in [3.63, 3.8) is 0 Å². The average Bonchev–Trinajstić information content (AvgIpc) is 2.33. The molecule has 1 rings (SSSR count). The number of hydrogen-bond donors (Lipinski definition) is 2. The van der Waals surface area contributed by atoms with Gasteiger partial charge in [0.05, 0.1) is 4.92 Å². The molecule has 100 valence electrons. The number of nitro groups is 1. The topological polar surface area (TPSA) is 75.4 Å². The molecule has 18 heavy (non-hydrogen) atoms. The van der Waals surface area contributed by atoms with Crippen LogP contribution in [0.1, 0.15) is 6.42 Å². The van der Waals surface area contributed by atoms with Gasteiger partial charge in [-0.1, -0.05) is 17.7 Å². The van der Waals surface area contributed by atoms with E-state index in [-0.39, 0.29) is 17.3 Å². The van der Waals surface area contributed by atoms with E-state index in [0.717, 1.165) is 17.9 Å². The number of aliphatic hydroxyl groups is 1. The molecule has 0 bridgehead atoms. The highest BCUT2D eigenvalue weighted by atomic mass is 35.5. The standard InChI is InChI=1S/C11H15ClN2O3S/c12-9-3-1-4-10(11(9)14(16)17)13-5-8-18-7-2-6-15/h1,3-4,13,15H,2,5-8H2. The third-order valence-corrected chi connectivity index (χ3v) is 3.55. The fraction of sp³-hybridized carbons (Fsp3) is 0.455. The number of halogens is 1. The minimum absolute atomic E-state index is 0.0838. The molecule has 0 unspecified atom stereocenters. The number of benzene rings is 1. The molecular weight excluding hydrogens is 276 g/mol. The number of rotatable bonds is 8. The molecule has 0 saturated heterocycles. The van der Waals surface area contributed by atoms with E-state index in [0.29, 0.717) is 12.2 Å². The lowest BCUT2D eigenvalue weighted by Gasteiger charge is -2.07. The largest absolute Gasteiger partial charge is 0.396 e. The van der Waals surface area contributed by atoms with Crippen molar-refractivity contribution in [1.82, 2.24) is 0 Å². The molecule has 0 radical (unpaired) electrons. The van der Waals surface area contributed by atoms with Crippen molar-refractivity contribution in [2.45, 2.75) is 6.42 Å². The summed E-state index contributed by atoms with van der Waals surface area (Å²) >= 11 is 7.48. The SMILES string of the molecule is O=[N+]([O-])c1c(Cl)cccc1NCCSCCCO. The third-order valence-electron chi connectivity index (χ3n) is 2.18. The molecular formula is C11H15ClN2O3S. The second-order valence-electron chi connectivity index (χ2n) is 3.51. The first-order valence-electron chi connectivity index (χ1n) is 5.52. The van der Waals surface area contributed by atoms with Crippen LogP contribution in [0.4, 0.5) is 11.4 Å². The number of anilines is 1. The average molecular weight is 291 g/mol. The van der Waals surface area contributed by atoms with Gasteiger partial charge in [0, 0.05) is 18.9 Å². The summed E-state index contributed by atoms with van der Waals surface area (Å²) in [5, 5.41) is 22.6. The van der Waals surface area contributed by atoms with Gasteiger partial charge in [-0.25, -0.2) is 0 Å². The molecule has 1 aromatic carbocycles. The number of para-hydroxylation sites is 1. The van der Waals surface area contributed by atoms with Gasteiger partial charge in [-0.05, 0) is 24.3 Å². The maximum atomic E-state index is 10.9. The number of nitrogens with one attached hydrogen (secondary N) is 1. The molecule has 0 aliphatic rings. The molecule has 1 aromatic rings. The number of aliphatic hydroxyl groups excluding tert-OH is 1. The van der Waals surface area contributed by atoms with E-state index in [2.05, 4.69) is 5.32 Å². The molecule has 0 atom stereocenters. The summed E-state index contributed by atoms with van der Waals surface area (Å²) in [6, 6.07) is 4.82. The number of hydrogen-bond acceptors (Lipinski definition) is 5. The number of nitro benzene ring substituents is 1. The summed E-state index contributed by atoms with van der Waals surface area (Å²) in [5.74, 6) is 1.71. The van der Waals surface area contributed by atoms with Crippen molar-refractivity contribution in [3.05, 3.63) is 33.3 Å². The zero-order chi connectivity index (χ0) is 13.4. The fourth-order valence-corrected chi connectivity index (χ4v) is 2.40. The normalized spacial score (nSPS) is 10.3. The summed E-state index contributed by atoms with van der Waals surface area (Å²) < 4.78 is 0. The molecule has 5 nitrogen and oxygen atoms in total. The van der Waals surface area contributed by atoms with E-state index in [9.17, 15) is 10.1 Å². The van der Waals surface area contributed by atoms with Crippen LogP contribution < -0.4 is 5.32 Å². The van der Waals surface area contributed by atoms with Crippen molar-refractivity contribution >= 4 is 34.7 Å². The summed E-state index contributed by atoms with van der Waals surface area (Å²) in [5.41, 5.74) is 0.356. The molecule has 0 aliphatic carbocycles. The molecule has 0 spiro atoms. The molecule has 0 saturated carbocycles. The van der Waals surface area contributed by atoms with Gasteiger partial charge in [0.25, 0.3) is 0 Å². The first kappa shape index (κ1) is 15.1. The van der Waals surface area contributed by atoms with Crippen LogP contribution in [0.25, 0.3) is 0 Å². The molecule has 2 N–H and O–H groups in total. The Hall–Kier alpha value is -0.980. The Balaban J connectivity index is 2.47. The predicted molar refractivity (Wildman–Crippen MR) is 75.6 cm³/mol. The van der Waals surface area contributed by atoms with Gasteiger partial charge in [0.1, 0.15) is 10.7 Å². The third kappa shape index (κ3) is 4.72. The van der Waals surface area contributed by atoms with Gasteiger partial charge in [-0.2, -0.15) is 11.8 Å². The van der Waals surface area contributed by atoms with E-state index in [1.807, 2.05) is 0 Å². The number of nitrogens with zero attached hydrogens (tertiary/aromatic N) is 1. The molecule has 0 fully saturated rings. The monoisotopic (exact) mass is 290 g/mol. The number of thioether (sulfide) groups is 1.